The van der Waals surface area contributed by atoms with Gasteiger partial charge < -0.3 is 10.1 Å². The van der Waals surface area contributed by atoms with Gasteiger partial charge in [0.15, 0.2) is 0 Å². The Morgan fingerprint density at radius 3 is 2.46 bits per heavy atom. The second-order valence-corrected chi connectivity index (χ2v) is 5.93. The summed E-state index contributed by atoms with van der Waals surface area (Å²) in [6.45, 7) is 5.74. The summed E-state index contributed by atoms with van der Waals surface area (Å²) < 4.78 is 43.1. The van der Waals surface area contributed by atoms with Crippen molar-refractivity contribution in [2.75, 3.05) is 6.61 Å². The third kappa shape index (κ3) is 6.60. The van der Waals surface area contributed by atoms with Crippen LogP contribution in [0.1, 0.15) is 38.3 Å². The van der Waals surface area contributed by atoms with Gasteiger partial charge in [0.05, 0.1) is 18.6 Å². The van der Waals surface area contributed by atoms with Crippen molar-refractivity contribution in [1.29, 1.82) is 0 Å². The molecule has 0 saturated carbocycles. The third-order valence-electron chi connectivity index (χ3n) is 3.21. The van der Waals surface area contributed by atoms with Crippen LogP contribution in [0.2, 0.25) is 0 Å². The Bertz CT molecular complexity index is 570. The number of alkyl halides is 3. The zero-order valence-electron chi connectivity index (χ0n) is 13.9. The first kappa shape index (κ1) is 20.0. The first-order chi connectivity index (χ1) is 11.1. The maximum absolute atomic E-state index is 12.7. The molecular weight excluding hydrogens is 323 g/mol. The van der Waals surface area contributed by atoms with Crippen LogP contribution in [-0.2, 0) is 26.9 Å². The fourth-order valence-corrected chi connectivity index (χ4v) is 1.97. The lowest BCUT2D eigenvalue weighted by Crippen LogP contribution is -2.42. The van der Waals surface area contributed by atoms with E-state index in [0.717, 1.165) is 12.1 Å². The Balaban J connectivity index is 2.66. The van der Waals surface area contributed by atoms with Gasteiger partial charge in [-0.2, -0.15) is 13.2 Å². The number of esters is 1. The van der Waals surface area contributed by atoms with E-state index in [1.807, 2.05) is 13.8 Å². The summed E-state index contributed by atoms with van der Waals surface area (Å²) in [5.74, 6) is -0.890. The van der Waals surface area contributed by atoms with Gasteiger partial charge in [-0.1, -0.05) is 39.0 Å². The number of carbonyl (C=O) groups excluding carboxylic acids is 2. The average molecular weight is 345 g/mol. The van der Waals surface area contributed by atoms with Crippen molar-refractivity contribution < 1.29 is 27.5 Å². The second-order valence-electron chi connectivity index (χ2n) is 5.93. The summed E-state index contributed by atoms with van der Waals surface area (Å²) in [6, 6.07) is 3.76. The molecule has 1 aromatic carbocycles. The molecule has 0 aliphatic heterocycles. The minimum atomic E-state index is -4.46. The molecule has 24 heavy (non-hydrogen) atoms. The Labute approximate surface area is 139 Å². The molecule has 0 spiro atoms. The van der Waals surface area contributed by atoms with Crippen molar-refractivity contribution in [3.8, 4) is 0 Å². The maximum atomic E-state index is 12.7. The number of hydrogen-bond acceptors (Lipinski definition) is 3. The lowest BCUT2D eigenvalue weighted by molar-refractivity contribution is -0.149. The first-order valence-electron chi connectivity index (χ1n) is 7.75. The molecule has 0 fully saturated rings. The normalized spacial score (nSPS) is 12.8. The number of hydrogen-bond donors (Lipinski definition) is 1. The molecule has 4 nitrogen and oxygen atoms in total. The van der Waals surface area contributed by atoms with Gasteiger partial charge in [-0.3, -0.25) is 4.79 Å². The molecule has 1 unspecified atom stereocenters. The van der Waals surface area contributed by atoms with Crippen molar-refractivity contribution in [1.82, 2.24) is 5.32 Å². The highest BCUT2D eigenvalue weighted by molar-refractivity contribution is 5.85. The zero-order valence-corrected chi connectivity index (χ0v) is 13.9. The molecule has 0 aliphatic rings. The highest BCUT2D eigenvalue weighted by Crippen LogP contribution is 2.29. The van der Waals surface area contributed by atoms with Gasteiger partial charge in [0.1, 0.15) is 6.04 Å². The number of amides is 1. The SMILES string of the molecule is CCC(NC(=O)Cc1cccc(C(F)(F)F)c1)C(=O)OCC(C)C. The van der Waals surface area contributed by atoms with E-state index >= 15 is 0 Å². The van der Waals surface area contributed by atoms with Crippen molar-refractivity contribution in [3.05, 3.63) is 35.4 Å². The van der Waals surface area contributed by atoms with Gasteiger partial charge in [0.2, 0.25) is 5.91 Å². The van der Waals surface area contributed by atoms with Crippen LogP contribution in [0.25, 0.3) is 0 Å². The average Bonchev–Trinajstić information content (AvgIpc) is 2.49. The molecule has 0 heterocycles. The lowest BCUT2D eigenvalue weighted by Gasteiger charge is -2.17. The summed E-state index contributed by atoms with van der Waals surface area (Å²) in [4.78, 5) is 23.9. The molecule has 0 aliphatic carbocycles. The molecule has 134 valence electrons. The van der Waals surface area contributed by atoms with Gasteiger partial charge in [-0.25, -0.2) is 4.79 Å². The Kier molecular flexibility index (Phi) is 7.25. The third-order valence-corrected chi connectivity index (χ3v) is 3.21. The Morgan fingerprint density at radius 1 is 1.25 bits per heavy atom. The molecule has 1 N–H and O–H groups in total. The van der Waals surface area contributed by atoms with E-state index < -0.39 is 29.7 Å². The standard InChI is InChI=1S/C17H22F3NO3/c1-4-14(16(23)24-10-11(2)3)21-15(22)9-12-6-5-7-13(8-12)17(18,19)20/h5-8,11,14H,4,9-10H2,1-3H3,(H,21,22). The van der Waals surface area contributed by atoms with E-state index in [2.05, 4.69) is 5.32 Å². The van der Waals surface area contributed by atoms with Crippen LogP contribution in [0, 0.1) is 5.92 Å². The maximum Gasteiger partial charge on any atom is 0.416 e. The van der Waals surface area contributed by atoms with Crippen LogP contribution in [0.5, 0.6) is 0 Å². The molecule has 0 saturated heterocycles. The number of ether oxygens (including phenoxy) is 1. The topological polar surface area (TPSA) is 55.4 Å². The van der Waals surface area contributed by atoms with Gasteiger partial charge in [-0.05, 0) is 24.0 Å². The number of halogens is 3. The number of benzene rings is 1. The smallest absolute Gasteiger partial charge is 0.416 e. The Hall–Kier alpha value is -2.05. The fourth-order valence-electron chi connectivity index (χ4n) is 1.97. The number of rotatable bonds is 7. The van der Waals surface area contributed by atoms with Gasteiger partial charge >= 0.3 is 12.1 Å². The minimum absolute atomic E-state index is 0.173. The van der Waals surface area contributed by atoms with E-state index in [1.165, 1.54) is 12.1 Å². The molecule has 1 aromatic rings. The predicted octanol–water partition coefficient (Wildman–Crippen LogP) is 3.34. The highest BCUT2D eigenvalue weighted by Gasteiger charge is 2.30. The zero-order chi connectivity index (χ0) is 18.3. The van der Waals surface area contributed by atoms with E-state index in [4.69, 9.17) is 4.74 Å². The van der Waals surface area contributed by atoms with Gasteiger partial charge in [-0.15, -0.1) is 0 Å². The first-order valence-corrected chi connectivity index (χ1v) is 7.75. The van der Waals surface area contributed by atoms with E-state index in [0.29, 0.717) is 6.42 Å². The van der Waals surface area contributed by atoms with Crippen molar-refractivity contribution in [2.45, 2.75) is 45.8 Å². The van der Waals surface area contributed by atoms with Crippen LogP contribution < -0.4 is 5.32 Å². The van der Waals surface area contributed by atoms with Crippen LogP contribution >= 0.6 is 0 Å². The lowest BCUT2D eigenvalue weighted by atomic mass is 10.1. The molecule has 0 radical (unpaired) electrons. The highest BCUT2D eigenvalue weighted by atomic mass is 19.4. The van der Waals surface area contributed by atoms with Crippen LogP contribution in [0.3, 0.4) is 0 Å². The quantitative estimate of drug-likeness (QED) is 0.771. The number of nitrogens with one attached hydrogen (secondary N) is 1. The number of carbonyl (C=O) groups is 2. The van der Waals surface area contributed by atoms with E-state index in [9.17, 15) is 22.8 Å². The molecule has 1 amide bonds. The summed E-state index contributed by atoms with van der Waals surface area (Å²) in [7, 11) is 0. The van der Waals surface area contributed by atoms with Gasteiger partial charge in [0.25, 0.3) is 0 Å². The predicted molar refractivity (Wildman–Crippen MR) is 83.2 cm³/mol. The molecule has 1 rings (SSSR count). The van der Waals surface area contributed by atoms with E-state index in [1.54, 1.807) is 6.92 Å². The van der Waals surface area contributed by atoms with Crippen molar-refractivity contribution in [2.24, 2.45) is 5.92 Å². The van der Waals surface area contributed by atoms with Crippen molar-refractivity contribution >= 4 is 11.9 Å². The second kappa shape index (κ2) is 8.70. The largest absolute Gasteiger partial charge is 0.464 e. The van der Waals surface area contributed by atoms with Crippen LogP contribution in [0.15, 0.2) is 24.3 Å². The molecule has 7 heteroatoms. The monoisotopic (exact) mass is 345 g/mol. The van der Waals surface area contributed by atoms with Gasteiger partial charge in [0, 0.05) is 0 Å². The summed E-state index contributed by atoms with van der Waals surface area (Å²) >= 11 is 0. The summed E-state index contributed by atoms with van der Waals surface area (Å²) in [5, 5.41) is 2.50. The van der Waals surface area contributed by atoms with Crippen LogP contribution in [-0.4, -0.2) is 24.5 Å². The van der Waals surface area contributed by atoms with E-state index in [-0.39, 0.29) is 24.5 Å². The minimum Gasteiger partial charge on any atom is -0.464 e. The summed E-state index contributed by atoms with van der Waals surface area (Å²) in [5.41, 5.74) is -0.580. The Morgan fingerprint density at radius 2 is 1.92 bits per heavy atom. The molecular formula is C17H22F3NO3. The molecule has 0 bridgehead atoms. The van der Waals surface area contributed by atoms with Crippen molar-refractivity contribution in [3.63, 3.8) is 0 Å². The van der Waals surface area contributed by atoms with Crippen LogP contribution in [0.4, 0.5) is 13.2 Å². The fraction of sp³-hybridized carbons (Fsp3) is 0.529. The molecule has 0 aromatic heterocycles. The summed E-state index contributed by atoms with van der Waals surface area (Å²) in [6.07, 6.45) is -4.36. The molecule has 1 atom stereocenters.